The smallest absolute Gasteiger partial charge is 0.257 e. The van der Waals surface area contributed by atoms with Crippen molar-refractivity contribution in [3.63, 3.8) is 0 Å². The molecule has 3 aromatic rings. The minimum Gasteiger partial charge on any atom is -0.298 e. The van der Waals surface area contributed by atoms with Crippen molar-refractivity contribution in [2.45, 2.75) is 0 Å². The highest BCUT2D eigenvalue weighted by Gasteiger charge is 2.11. The molecule has 0 aliphatic rings. The van der Waals surface area contributed by atoms with Gasteiger partial charge in [-0.3, -0.25) is 10.1 Å². The first-order valence-corrected chi connectivity index (χ1v) is 7.74. The van der Waals surface area contributed by atoms with Crippen LogP contribution in [0.4, 0.5) is 5.13 Å². The summed E-state index contributed by atoms with van der Waals surface area (Å²) in [5.74, 6) is -0.193. The molecule has 1 aromatic heterocycles. The number of carbonyl (C=O) groups excluding carboxylic acids is 1. The first-order chi connectivity index (χ1) is 9.63. The number of nitrogens with zero attached hydrogens (tertiary/aromatic N) is 1. The maximum atomic E-state index is 12.1. The van der Waals surface area contributed by atoms with Crippen LogP contribution in [0, 0.1) is 0 Å². The molecule has 0 atom stereocenters. The zero-order chi connectivity index (χ0) is 14.1. The van der Waals surface area contributed by atoms with E-state index < -0.39 is 0 Å². The molecule has 100 valence electrons. The molecule has 0 unspecified atom stereocenters. The average Bonchev–Trinajstić information content (AvgIpc) is 2.83. The molecule has 0 aliphatic heterocycles. The van der Waals surface area contributed by atoms with Crippen LogP contribution in [0.2, 0.25) is 5.02 Å². The minimum atomic E-state index is -0.193. The SMILES string of the molecule is O=C(Nc1nc2c(Cl)cccc2s1)c1cccc(Br)c1. The first kappa shape index (κ1) is 13.5. The second-order valence-corrected chi connectivity index (χ2v) is 6.42. The molecular formula is C14H8BrClN2OS. The molecule has 0 fully saturated rings. The minimum absolute atomic E-state index is 0.193. The third-order valence-corrected chi connectivity index (χ3v) is 4.41. The van der Waals surface area contributed by atoms with Gasteiger partial charge in [0.15, 0.2) is 5.13 Å². The summed E-state index contributed by atoms with van der Waals surface area (Å²) in [4.78, 5) is 16.5. The summed E-state index contributed by atoms with van der Waals surface area (Å²) in [7, 11) is 0. The molecule has 0 aliphatic carbocycles. The van der Waals surface area contributed by atoms with Crippen LogP contribution in [0.1, 0.15) is 10.4 Å². The topological polar surface area (TPSA) is 42.0 Å². The normalized spacial score (nSPS) is 10.7. The van der Waals surface area contributed by atoms with Crippen molar-refractivity contribution in [2.24, 2.45) is 0 Å². The Kier molecular flexibility index (Phi) is 3.74. The van der Waals surface area contributed by atoms with Crippen molar-refractivity contribution in [2.75, 3.05) is 5.32 Å². The van der Waals surface area contributed by atoms with E-state index in [2.05, 4.69) is 26.2 Å². The van der Waals surface area contributed by atoms with Gasteiger partial charge < -0.3 is 0 Å². The fraction of sp³-hybridized carbons (Fsp3) is 0. The molecule has 3 nitrogen and oxygen atoms in total. The summed E-state index contributed by atoms with van der Waals surface area (Å²) in [6.07, 6.45) is 0. The van der Waals surface area contributed by atoms with Crippen molar-refractivity contribution in [3.8, 4) is 0 Å². The standard InChI is InChI=1S/C14H8BrClN2OS/c15-9-4-1-3-8(7-9)13(19)18-14-17-12-10(16)5-2-6-11(12)20-14/h1-7H,(H,17,18,19). The lowest BCUT2D eigenvalue weighted by molar-refractivity contribution is 0.102. The number of halogens is 2. The number of anilines is 1. The van der Waals surface area contributed by atoms with Gasteiger partial charge in [0.1, 0.15) is 5.52 Å². The van der Waals surface area contributed by atoms with Crippen LogP contribution in [0.3, 0.4) is 0 Å². The summed E-state index contributed by atoms with van der Waals surface area (Å²) in [6.45, 7) is 0. The Hall–Kier alpha value is -1.43. The molecular weight excluding hydrogens is 360 g/mol. The highest BCUT2D eigenvalue weighted by atomic mass is 79.9. The fourth-order valence-corrected chi connectivity index (χ4v) is 3.33. The number of aromatic nitrogens is 1. The fourth-order valence-electron chi connectivity index (χ4n) is 1.77. The van der Waals surface area contributed by atoms with E-state index in [1.807, 2.05) is 24.3 Å². The van der Waals surface area contributed by atoms with Gasteiger partial charge in [-0.1, -0.05) is 51.0 Å². The van der Waals surface area contributed by atoms with Gasteiger partial charge in [-0.15, -0.1) is 0 Å². The number of carbonyl (C=O) groups is 1. The Morgan fingerprint density at radius 2 is 2.05 bits per heavy atom. The Morgan fingerprint density at radius 1 is 1.25 bits per heavy atom. The molecule has 2 aromatic carbocycles. The lowest BCUT2D eigenvalue weighted by Crippen LogP contribution is -2.11. The van der Waals surface area contributed by atoms with E-state index in [1.165, 1.54) is 11.3 Å². The molecule has 20 heavy (non-hydrogen) atoms. The molecule has 6 heteroatoms. The van der Waals surface area contributed by atoms with Gasteiger partial charge in [0, 0.05) is 10.0 Å². The van der Waals surface area contributed by atoms with Crippen molar-refractivity contribution in [1.82, 2.24) is 4.98 Å². The predicted molar refractivity (Wildman–Crippen MR) is 86.7 cm³/mol. The number of benzene rings is 2. The number of nitrogens with one attached hydrogen (secondary N) is 1. The molecule has 0 saturated heterocycles. The van der Waals surface area contributed by atoms with Crippen LogP contribution >= 0.6 is 38.9 Å². The van der Waals surface area contributed by atoms with Crippen molar-refractivity contribution >= 4 is 60.1 Å². The molecule has 1 N–H and O–H groups in total. The van der Waals surface area contributed by atoms with Gasteiger partial charge in [-0.25, -0.2) is 4.98 Å². The Labute approximate surface area is 132 Å². The number of amides is 1. The van der Waals surface area contributed by atoms with E-state index in [0.29, 0.717) is 21.2 Å². The second kappa shape index (κ2) is 5.52. The van der Waals surface area contributed by atoms with Crippen molar-refractivity contribution in [1.29, 1.82) is 0 Å². The number of para-hydroxylation sites is 1. The third kappa shape index (κ3) is 2.70. The number of thiazole rings is 1. The molecule has 0 radical (unpaired) electrons. The summed E-state index contributed by atoms with van der Waals surface area (Å²) in [6, 6.07) is 12.8. The van der Waals surface area contributed by atoms with Gasteiger partial charge in [-0.05, 0) is 30.3 Å². The lowest BCUT2D eigenvalue weighted by atomic mass is 10.2. The third-order valence-electron chi connectivity index (χ3n) is 2.68. The number of hydrogen-bond donors (Lipinski definition) is 1. The van der Waals surface area contributed by atoms with Crippen molar-refractivity contribution < 1.29 is 4.79 Å². The van der Waals surface area contributed by atoms with E-state index in [1.54, 1.807) is 18.2 Å². The summed E-state index contributed by atoms with van der Waals surface area (Å²) in [5.41, 5.74) is 1.29. The van der Waals surface area contributed by atoms with E-state index in [9.17, 15) is 4.79 Å². The highest BCUT2D eigenvalue weighted by molar-refractivity contribution is 9.10. The molecule has 0 bridgehead atoms. The monoisotopic (exact) mass is 366 g/mol. The van der Waals surface area contributed by atoms with Crippen LogP contribution in [-0.4, -0.2) is 10.9 Å². The zero-order valence-corrected chi connectivity index (χ0v) is 13.2. The summed E-state index contributed by atoms with van der Waals surface area (Å²) < 4.78 is 1.81. The van der Waals surface area contributed by atoms with Crippen molar-refractivity contribution in [3.05, 3.63) is 57.5 Å². The first-order valence-electron chi connectivity index (χ1n) is 5.75. The maximum absolute atomic E-state index is 12.1. The van der Waals surface area contributed by atoms with Crippen LogP contribution in [0.25, 0.3) is 10.2 Å². The quantitative estimate of drug-likeness (QED) is 0.695. The molecule has 1 amide bonds. The van der Waals surface area contributed by atoms with Gasteiger partial charge in [0.25, 0.3) is 5.91 Å². The Morgan fingerprint density at radius 3 is 2.80 bits per heavy atom. The number of rotatable bonds is 2. The van der Waals surface area contributed by atoms with E-state index >= 15 is 0 Å². The maximum Gasteiger partial charge on any atom is 0.257 e. The van der Waals surface area contributed by atoms with Gasteiger partial charge >= 0.3 is 0 Å². The largest absolute Gasteiger partial charge is 0.298 e. The zero-order valence-electron chi connectivity index (χ0n) is 10.1. The van der Waals surface area contributed by atoms with Crippen LogP contribution in [0.5, 0.6) is 0 Å². The van der Waals surface area contributed by atoms with Gasteiger partial charge in [-0.2, -0.15) is 0 Å². The van der Waals surface area contributed by atoms with E-state index in [0.717, 1.165) is 9.17 Å². The second-order valence-electron chi connectivity index (χ2n) is 4.07. The predicted octanol–water partition coefficient (Wildman–Crippen LogP) is 4.96. The van der Waals surface area contributed by atoms with Crippen LogP contribution in [0.15, 0.2) is 46.9 Å². The Balaban J connectivity index is 1.89. The Bertz CT molecular complexity index is 803. The summed E-state index contributed by atoms with van der Waals surface area (Å²) in [5, 5.41) is 3.92. The van der Waals surface area contributed by atoms with Gasteiger partial charge in [0.05, 0.1) is 9.72 Å². The van der Waals surface area contributed by atoms with Crippen LogP contribution < -0.4 is 5.32 Å². The number of fused-ring (bicyclic) bond motifs is 1. The molecule has 0 spiro atoms. The van der Waals surface area contributed by atoms with Gasteiger partial charge in [0.2, 0.25) is 0 Å². The van der Waals surface area contributed by atoms with E-state index in [4.69, 9.17) is 11.6 Å². The van der Waals surface area contributed by atoms with E-state index in [-0.39, 0.29) is 5.91 Å². The molecule has 0 saturated carbocycles. The number of hydrogen-bond acceptors (Lipinski definition) is 3. The molecule has 3 rings (SSSR count). The summed E-state index contributed by atoms with van der Waals surface area (Å²) >= 11 is 10.8. The molecule has 1 heterocycles. The average molecular weight is 368 g/mol. The lowest BCUT2D eigenvalue weighted by Gasteiger charge is -2.01. The van der Waals surface area contributed by atoms with Crippen LogP contribution in [-0.2, 0) is 0 Å². The highest BCUT2D eigenvalue weighted by Crippen LogP contribution is 2.30.